The number of ether oxygens (including phenoxy) is 1. The second-order valence-electron chi connectivity index (χ2n) is 6.25. The number of nitrogens with zero attached hydrogens (tertiary/aromatic N) is 2. The molecule has 6 nitrogen and oxygen atoms in total. The fourth-order valence-electron chi connectivity index (χ4n) is 3.74. The van der Waals surface area contributed by atoms with Gasteiger partial charge in [0, 0.05) is 38.5 Å². The molecule has 0 aliphatic carbocycles. The molecule has 0 radical (unpaired) electrons. The summed E-state index contributed by atoms with van der Waals surface area (Å²) < 4.78 is 32.7. The van der Waals surface area contributed by atoms with E-state index in [4.69, 9.17) is 4.74 Å². The maximum atomic E-state index is 12.8. The van der Waals surface area contributed by atoms with Gasteiger partial charge >= 0.3 is 0 Å². The van der Waals surface area contributed by atoms with Crippen molar-refractivity contribution in [3.05, 3.63) is 24.5 Å². The zero-order valence-corrected chi connectivity index (χ0v) is 13.7. The van der Waals surface area contributed by atoms with E-state index in [9.17, 15) is 8.42 Å². The molecule has 0 saturated carbocycles. The molecule has 122 valence electrons. The van der Waals surface area contributed by atoms with E-state index in [-0.39, 0.29) is 16.2 Å². The SMILES string of the molecule is COCC1CN(S(=O)(=O)c2cccnc2)CC12CCNCC2. The van der Waals surface area contributed by atoms with E-state index in [1.165, 1.54) is 6.20 Å². The van der Waals surface area contributed by atoms with Crippen LogP contribution in [-0.4, -0.2) is 57.6 Å². The monoisotopic (exact) mass is 325 g/mol. The topological polar surface area (TPSA) is 71.5 Å². The summed E-state index contributed by atoms with van der Waals surface area (Å²) in [5.41, 5.74) is 0.0382. The maximum Gasteiger partial charge on any atom is 0.244 e. The molecule has 2 fully saturated rings. The van der Waals surface area contributed by atoms with Gasteiger partial charge in [-0.15, -0.1) is 0 Å². The normalized spacial score (nSPS) is 25.6. The fraction of sp³-hybridized carbons (Fsp3) is 0.667. The van der Waals surface area contributed by atoms with Gasteiger partial charge in [-0.3, -0.25) is 4.98 Å². The predicted molar refractivity (Wildman–Crippen MR) is 82.9 cm³/mol. The molecule has 3 heterocycles. The minimum Gasteiger partial charge on any atom is -0.384 e. The molecule has 2 aliphatic rings. The third-order valence-electron chi connectivity index (χ3n) is 5.02. The fourth-order valence-corrected chi connectivity index (χ4v) is 5.28. The lowest BCUT2D eigenvalue weighted by Gasteiger charge is -2.38. The molecule has 1 N–H and O–H groups in total. The van der Waals surface area contributed by atoms with Crippen molar-refractivity contribution in [1.29, 1.82) is 0 Å². The van der Waals surface area contributed by atoms with Gasteiger partial charge in [-0.1, -0.05) is 0 Å². The second kappa shape index (κ2) is 6.23. The van der Waals surface area contributed by atoms with Crippen molar-refractivity contribution >= 4 is 10.0 Å². The van der Waals surface area contributed by atoms with Crippen molar-refractivity contribution in [2.24, 2.45) is 11.3 Å². The molecule has 0 bridgehead atoms. The quantitative estimate of drug-likeness (QED) is 0.883. The standard InChI is InChI=1S/C15H23N3O3S/c1-21-11-13-10-18(12-15(13)4-7-16-8-5-15)22(19,20)14-3-2-6-17-9-14/h2-3,6,9,13,16H,4-5,7-8,10-12H2,1H3. The molecule has 0 amide bonds. The molecule has 22 heavy (non-hydrogen) atoms. The van der Waals surface area contributed by atoms with Crippen LogP contribution in [0.15, 0.2) is 29.4 Å². The Morgan fingerprint density at radius 1 is 1.45 bits per heavy atom. The van der Waals surface area contributed by atoms with Crippen LogP contribution in [0.2, 0.25) is 0 Å². The summed E-state index contributed by atoms with van der Waals surface area (Å²) in [6, 6.07) is 3.27. The van der Waals surface area contributed by atoms with Gasteiger partial charge in [0.05, 0.1) is 6.61 Å². The Morgan fingerprint density at radius 2 is 2.23 bits per heavy atom. The first-order valence-corrected chi connectivity index (χ1v) is 9.12. The molecule has 1 unspecified atom stereocenters. The van der Waals surface area contributed by atoms with E-state index >= 15 is 0 Å². The number of nitrogens with one attached hydrogen (secondary N) is 1. The summed E-state index contributed by atoms with van der Waals surface area (Å²) in [5.74, 6) is 0.256. The molecule has 1 aromatic heterocycles. The summed E-state index contributed by atoms with van der Waals surface area (Å²) in [7, 11) is -1.78. The van der Waals surface area contributed by atoms with Crippen LogP contribution in [0.25, 0.3) is 0 Å². The van der Waals surface area contributed by atoms with Crippen LogP contribution in [0.3, 0.4) is 0 Å². The summed E-state index contributed by atoms with van der Waals surface area (Å²) in [4.78, 5) is 4.22. The van der Waals surface area contributed by atoms with Crippen molar-refractivity contribution in [2.45, 2.75) is 17.7 Å². The van der Waals surface area contributed by atoms with Crippen LogP contribution in [0.1, 0.15) is 12.8 Å². The van der Waals surface area contributed by atoms with Crippen molar-refractivity contribution in [2.75, 3.05) is 39.9 Å². The number of piperidine rings is 1. The minimum absolute atomic E-state index is 0.0382. The second-order valence-corrected chi connectivity index (χ2v) is 8.19. The molecular formula is C15H23N3O3S. The van der Waals surface area contributed by atoms with Crippen LogP contribution in [0.4, 0.5) is 0 Å². The molecular weight excluding hydrogens is 302 g/mol. The lowest BCUT2D eigenvalue weighted by Crippen LogP contribution is -2.43. The molecule has 0 aromatic carbocycles. The maximum absolute atomic E-state index is 12.8. The first-order valence-electron chi connectivity index (χ1n) is 7.68. The van der Waals surface area contributed by atoms with Gasteiger partial charge in [0.25, 0.3) is 0 Å². The largest absolute Gasteiger partial charge is 0.384 e. The highest BCUT2D eigenvalue weighted by molar-refractivity contribution is 7.89. The number of rotatable bonds is 4. The Labute approximate surface area is 131 Å². The van der Waals surface area contributed by atoms with E-state index in [2.05, 4.69) is 10.3 Å². The molecule has 7 heteroatoms. The van der Waals surface area contributed by atoms with Gasteiger partial charge in [0.2, 0.25) is 10.0 Å². The van der Waals surface area contributed by atoms with Crippen LogP contribution in [0.5, 0.6) is 0 Å². The smallest absolute Gasteiger partial charge is 0.244 e. The lowest BCUT2D eigenvalue weighted by molar-refractivity contribution is 0.0718. The third-order valence-corrected chi connectivity index (χ3v) is 6.82. The average molecular weight is 325 g/mol. The number of aromatic nitrogens is 1. The van der Waals surface area contributed by atoms with Crippen molar-refractivity contribution < 1.29 is 13.2 Å². The Kier molecular flexibility index (Phi) is 4.49. The molecule has 2 saturated heterocycles. The average Bonchev–Trinajstić information content (AvgIpc) is 2.88. The highest BCUT2D eigenvalue weighted by atomic mass is 32.2. The highest BCUT2D eigenvalue weighted by Crippen LogP contribution is 2.45. The van der Waals surface area contributed by atoms with Crippen LogP contribution in [0, 0.1) is 11.3 Å². The van der Waals surface area contributed by atoms with Crippen LogP contribution < -0.4 is 5.32 Å². The van der Waals surface area contributed by atoms with Crippen molar-refractivity contribution in [3.63, 3.8) is 0 Å². The van der Waals surface area contributed by atoms with E-state index < -0.39 is 10.0 Å². The van der Waals surface area contributed by atoms with Gasteiger partial charge in [0.1, 0.15) is 4.90 Å². The summed E-state index contributed by atoms with van der Waals surface area (Å²) in [6.07, 6.45) is 5.01. The number of methoxy groups -OCH3 is 1. The van der Waals surface area contributed by atoms with Crippen LogP contribution in [-0.2, 0) is 14.8 Å². The first-order chi connectivity index (χ1) is 10.6. The van der Waals surface area contributed by atoms with E-state index in [0.717, 1.165) is 25.9 Å². The van der Waals surface area contributed by atoms with Gasteiger partial charge < -0.3 is 10.1 Å². The molecule has 2 aliphatic heterocycles. The molecule has 1 spiro atoms. The zero-order chi connectivity index (χ0) is 15.6. The van der Waals surface area contributed by atoms with Crippen molar-refractivity contribution in [3.8, 4) is 0 Å². The Bertz CT molecular complexity index is 600. The number of hydrogen-bond acceptors (Lipinski definition) is 5. The first kappa shape index (κ1) is 15.9. The van der Waals surface area contributed by atoms with E-state index in [1.54, 1.807) is 29.7 Å². The van der Waals surface area contributed by atoms with Gasteiger partial charge in [-0.2, -0.15) is 4.31 Å². The zero-order valence-electron chi connectivity index (χ0n) is 12.9. The Morgan fingerprint density at radius 3 is 2.86 bits per heavy atom. The number of pyridine rings is 1. The number of hydrogen-bond donors (Lipinski definition) is 1. The highest BCUT2D eigenvalue weighted by Gasteiger charge is 2.50. The van der Waals surface area contributed by atoms with Gasteiger partial charge in [-0.05, 0) is 43.5 Å². The van der Waals surface area contributed by atoms with E-state index in [1.807, 2.05) is 0 Å². The molecule has 1 aromatic rings. The molecule has 3 rings (SSSR count). The Hall–Kier alpha value is -1.02. The Balaban J connectivity index is 1.87. The van der Waals surface area contributed by atoms with Crippen LogP contribution >= 0.6 is 0 Å². The van der Waals surface area contributed by atoms with Crippen molar-refractivity contribution in [1.82, 2.24) is 14.6 Å². The van der Waals surface area contributed by atoms with Gasteiger partial charge in [-0.25, -0.2) is 8.42 Å². The summed E-state index contributed by atoms with van der Waals surface area (Å²) in [5, 5.41) is 3.37. The summed E-state index contributed by atoms with van der Waals surface area (Å²) >= 11 is 0. The predicted octanol–water partition coefficient (Wildman–Crippen LogP) is 0.718. The van der Waals surface area contributed by atoms with E-state index in [0.29, 0.717) is 19.7 Å². The third kappa shape index (κ3) is 2.78. The minimum atomic E-state index is -3.47. The molecule has 1 atom stereocenters. The van der Waals surface area contributed by atoms with Gasteiger partial charge in [0.15, 0.2) is 0 Å². The number of sulfonamides is 1. The lowest BCUT2D eigenvalue weighted by atomic mass is 9.71. The summed E-state index contributed by atoms with van der Waals surface area (Å²) in [6.45, 7) is 3.62.